The van der Waals surface area contributed by atoms with Gasteiger partial charge in [-0.3, -0.25) is 23.3 Å². The van der Waals surface area contributed by atoms with Crippen molar-refractivity contribution in [1.29, 1.82) is 0 Å². The minimum atomic E-state index is -5.23. The largest absolute Gasteiger partial charge is 0.507 e. The minimum absolute atomic E-state index is 0.00295. The molecule has 1 amide bonds. The van der Waals surface area contributed by atoms with Crippen LogP contribution in [0.4, 0.5) is 34.1 Å². The Kier molecular flexibility index (Phi) is 10.8. The molecule has 5 aromatic carbocycles. The molecule has 0 aliphatic heterocycles. The summed E-state index contributed by atoms with van der Waals surface area (Å²) in [5.41, 5.74) is 2.93. The molecule has 0 radical (unpaired) electrons. The van der Waals surface area contributed by atoms with Gasteiger partial charge in [0.25, 0.3) is 31.7 Å². The van der Waals surface area contributed by atoms with Crippen molar-refractivity contribution in [2.75, 3.05) is 0 Å². The van der Waals surface area contributed by atoms with Crippen LogP contribution in [0.1, 0.15) is 33.2 Å². The first-order valence-electron chi connectivity index (χ1n) is 16.6. The van der Waals surface area contributed by atoms with E-state index < -0.39 is 86.9 Å². The number of aromatic nitrogens is 1. The number of aromatic carboxylic acids is 1. The molecule has 1 heterocycles. The first-order chi connectivity index (χ1) is 27.7. The summed E-state index contributed by atoms with van der Waals surface area (Å²) in [6.45, 7) is 3.00. The fourth-order valence-corrected chi connectivity index (χ4v) is 7.19. The summed E-state index contributed by atoms with van der Waals surface area (Å²) in [5, 5.41) is 66.3. The maximum absolute atomic E-state index is 12.7. The van der Waals surface area contributed by atoms with Crippen LogP contribution >= 0.6 is 0 Å². The quantitative estimate of drug-likeness (QED) is 0.0504. The highest BCUT2D eigenvalue weighted by Gasteiger charge is 2.26. The summed E-state index contributed by atoms with van der Waals surface area (Å²) in [7, 11) is -10.1. The molecule has 0 bridgehead atoms. The Labute approximate surface area is 331 Å². The number of primary amides is 1. The number of aromatic hydroxyl groups is 3. The number of phenolic OH excluding ortho intramolecular Hbond substituents is 2. The van der Waals surface area contributed by atoms with E-state index in [1.165, 1.54) is 25.1 Å². The predicted molar refractivity (Wildman–Crippen MR) is 208 cm³/mol. The number of phenols is 2. The number of benzene rings is 5. The van der Waals surface area contributed by atoms with Crippen LogP contribution < -0.4 is 11.3 Å². The summed E-state index contributed by atoms with van der Waals surface area (Å²) in [6.07, 6.45) is 0. The molecule has 0 saturated carbocycles. The standard InChI is InChI=1S/C36H28N8O13S2/c1-3-44-34(48)28(33(37)47)16(2)30(35(44)49)42-40-24-11-10-23(20-6-4-5-7-21(20)24)39-38-18-8-9-25(22(14-18)36(50)51)41-43-31-27(59(55,56)57)13-17-12-19(58(52,53)54)15-26(45)29(17)32(31)46/h4-15,45-46,49H,3H2,1-2H3,(H2,37,47)(H,50,51)(H,52,53,54)(H,55,56,57). The third-order valence-electron chi connectivity index (χ3n) is 8.78. The van der Waals surface area contributed by atoms with Crippen molar-refractivity contribution >= 4 is 87.8 Å². The van der Waals surface area contributed by atoms with Gasteiger partial charge in [0, 0.05) is 28.9 Å². The van der Waals surface area contributed by atoms with Crippen LogP contribution in [0.5, 0.6) is 17.4 Å². The highest BCUT2D eigenvalue weighted by molar-refractivity contribution is 7.86. The second kappa shape index (κ2) is 15.5. The third kappa shape index (κ3) is 7.93. The van der Waals surface area contributed by atoms with Crippen molar-refractivity contribution in [2.24, 2.45) is 36.4 Å². The number of azo groups is 3. The molecular formula is C36H28N8O13S2. The van der Waals surface area contributed by atoms with Gasteiger partial charge in [0.1, 0.15) is 33.3 Å². The number of rotatable bonds is 11. The minimum Gasteiger partial charge on any atom is -0.507 e. The van der Waals surface area contributed by atoms with Gasteiger partial charge in [-0.1, -0.05) is 24.3 Å². The van der Waals surface area contributed by atoms with Crippen LogP contribution in [0, 0.1) is 6.92 Å². The Morgan fingerprint density at radius 3 is 1.88 bits per heavy atom. The number of hydrogen-bond acceptors (Lipinski definition) is 16. The van der Waals surface area contributed by atoms with Crippen LogP contribution in [-0.4, -0.2) is 62.8 Å². The van der Waals surface area contributed by atoms with Crippen LogP contribution in [0.3, 0.4) is 0 Å². The van der Waals surface area contributed by atoms with Crippen molar-refractivity contribution in [3.05, 3.63) is 99.8 Å². The Bertz CT molecular complexity index is 3180. The van der Waals surface area contributed by atoms with E-state index in [9.17, 15) is 60.8 Å². The predicted octanol–water partition coefficient (Wildman–Crippen LogP) is 7.14. The first-order valence-corrected chi connectivity index (χ1v) is 19.5. The molecule has 59 heavy (non-hydrogen) atoms. The van der Waals surface area contributed by atoms with Crippen LogP contribution in [0.15, 0.2) is 118 Å². The molecule has 0 spiro atoms. The van der Waals surface area contributed by atoms with Crippen LogP contribution in [-0.2, 0) is 26.8 Å². The van der Waals surface area contributed by atoms with Gasteiger partial charge >= 0.3 is 5.97 Å². The molecule has 8 N–H and O–H groups in total. The Morgan fingerprint density at radius 2 is 1.32 bits per heavy atom. The van der Waals surface area contributed by atoms with E-state index in [1.807, 2.05) is 0 Å². The average Bonchev–Trinajstić information content (AvgIpc) is 3.16. The van der Waals surface area contributed by atoms with Crippen molar-refractivity contribution in [3.8, 4) is 17.4 Å². The van der Waals surface area contributed by atoms with Gasteiger partial charge in [-0.25, -0.2) is 4.79 Å². The smallest absolute Gasteiger partial charge is 0.338 e. The lowest BCUT2D eigenvalue weighted by atomic mass is 10.1. The second-order valence-electron chi connectivity index (χ2n) is 12.4. The normalized spacial score (nSPS) is 12.4. The van der Waals surface area contributed by atoms with Gasteiger partial charge in [-0.2, -0.15) is 21.9 Å². The maximum Gasteiger partial charge on any atom is 0.338 e. The number of carbonyl (C=O) groups excluding carboxylic acids is 1. The summed E-state index contributed by atoms with van der Waals surface area (Å²) in [4.78, 5) is 35.0. The number of fused-ring (bicyclic) bond motifs is 2. The van der Waals surface area contributed by atoms with Gasteiger partial charge in [0.05, 0.1) is 32.9 Å². The Balaban J connectivity index is 1.36. The van der Waals surface area contributed by atoms with Crippen LogP contribution in [0.2, 0.25) is 0 Å². The van der Waals surface area contributed by atoms with E-state index in [-0.39, 0.29) is 34.7 Å². The summed E-state index contributed by atoms with van der Waals surface area (Å²) in [5.74, 6) is -5.07. The molecular weight excluding hydrogens is 817 g/mol. The summed E-state index contributed by atoms with van der Waals surface area (Å²) >= 11 is 0. The fourth-order valence-electron chi connectivity index (χ4n) is 6.00. The van der Waals surface area contributed by atoms with Gasteiger partial charge in [0.15, 0.2) is 5.75 Å². The molecule has 0 fully saturated rings. The molecule has 0 unspecified atom stereocenters. The van der Waals surface area contributed by atoms with E-state index >= 15 is 0 Å². The number of hydrogen-bond donors (Lipinski definition) is 7. The van der Waals surface area contributed by atoms with Crippen molar-refractivity contribution in [3.63, 3.8) is 0 Å². The molecule has 1 aromatic heterocycles. The number of carbonyl (C=O) groups is 2. The molecule has 0 atom stereocenters. The lowest BCUT2D eigenvalue weighted by Crippen LogP contribution is -2.30. The van der Waals surface area contributed by atoms with Crippen molar-refractivity contribution in [1.82, 2.24) is 4.57 Å². The van der Waals surface area contributed by atoms with Gasteiger partial charge in [0.2, 0.25) is 5.88 Å². The van der Waals surface area contributed by atoms with Crippen molar-refractivity contribution < 1.29 is 56.0 Å². The van der Waals surface area contributed by atoms with E-state index in [4.69, 9.17) is 5.73 Å². The molecule has 0 saturated heterocycles. The second-order valence-corrected chi connectivity index (χ2v) is 15.2. The van der Waals surface area contributed by atoms with E-state index in [0.717, 1.165) is 16.7 Å². The zero-order chi connectivity index (χ0) is 43.1. The van der Waals surface area contributed by atoms with Crippen molar-refractivity contribution in [2.45, 2.75) is 30.2 Å². The lowest BCUT2D eigenvalue weighted by Gasteiger charge is -2.12. The number of amides is 1. The molecule has 6 rings (SSSR count). The molecule has 6 aromatic rings. The zero-order valence-corrected chi connectivity index (χ0v) is 31.8. The molecule has 21 nitrogen and oxygen atoms in total. The van der Waals surface area contributed by atoms with E-state index in [0.29, 0.717) is 40.3 Å². The maximum atomic E-state index is 12.7. The molecule has 0 aliphatic rings. The third-order valence-corrected chi connectivity index (χ3v) is 10.5. The molecule has 23 heteroatoms. The summed E-state index contributed by atoms with van der Waals surface area (Å²) in [6, 6.07) is 15.3. The van der Waals surface area contributed by atoms with Gasteiger partial charge in [-0.15, -0.1) is 25.6 Å². The van der Waals surface area contributed by atoms with Gasteiger partial charge in [-0.05, 0) is 61.7 Å². The number of carboxylic acid groups (broad SMARTS) is 1. The number of pyridine rings is 1. The van der Waals surface area contributed by atoms with E-state index in [2.05, 4.69) is 30.7 Å². The number of nitrogens with two attached hydrogens (primary N) is 1. The Hall–Kier alpha value is -7.47. The SMILES string of the molecule is CCn1c(O)c(N=Nc2ccc(N=Nc3ccc(N=Nc4c(S(=O)(=O)O)cc5cc(S(=O)(=O)O)cc(O)c5c4O)c(C(=O)O)c3)c3ccccc23)c(C)c(C(N)=O)c1=O. The first kappa shape index (κ1) is 41.2. The Morgan fingerprint density at radius 1 is 0.746 bits per heavy atom. The fraction of sp³-hybridized carbons (Fsp3) is 0.0833. The number of carboxylic acids is 1. The molecule has 0 aliphatic carbocycles. The zero-order valence-electron chi connectivity index (χ0n) is 30.2. The highest BCUT2D eigenvalue weighted by Crippen LogP contribution is 2.46. The van der Waals surface area contributed by atoms with Crippen LogP contribution in [0.25, 0.3) is 21.5 Å². The lowest BCUT2D eigenvalue weighted by molar-refractivity contribution is 0.0697. The number of nitrogens with zero attached hydrogens (tertiary/aromatic N) is 7. The van der Waals surface area contributed by atoms with E-state index in [1.54, 1.807) is 31.2 Å². The highest BCUT2D eigenvalue weighted by atomic mass is 32.2. The topological polar surface area (TPSA) is 346 Å². The summed E-state index contributed by atoms with van der Waals surface area (Å²) < 4.78 is 68.0. The molecule has 302 valence electrons. The average molecular weight is 845 g/mol. The van der Waals surface area contributed by atoms with Gasteiger partial charge < -0.3 is 26.2 Å². The monoisotopic (exact) mass is 844 g/mol.